The Labute approximate surface area is 104 Å². The zero-order chi connectivity index (χ0) is 12.5. The van der Waals surface area contributed by atoms with E-state index in [1.807, 2.05) is 7.05 Å². The molecule has 1 rings (SSSR count). The molecule has 0 aromatic carbocycles. The number of ether oxygens (including phenoxy) is 1. The molecule has 0 radical (unpaired) electrons. The summed E-state index contributed by atoms with van der Waals surface area (Å²) in [5, 5.41) is 0. The molecule has 1 amide bonds. The minimum absolute atomic E-state index is 0.0641. The molecule has 0 unspecified atom stereocenters. The van der Waals surface area contributed by atoms with Crippen LogP contribution in [0.2, 0.25) is 0 Å². The number of hydrogen-bond donors (Lipinski definition) is 1. The van der Waals surface area contributed by atoms with Crippen LogP contribution in [0, 0.1) is 5.92 Å². The van der Waals surface area contributed by atoms with E-state index in [0.717, 1.165) is 19.6 Å². The van der Waals surface area contributed by atoms with E-state index in [2.05, 4.69) is 0 Å². The largest absolute Gasteiger partial charge is 0.371 e. The summed E-state index contributed by atoms with van der Waals surface area (Å²) < 4.78 is 5.51. The number of amides is 1. The summed E-state index contributed by atoms with van der Waals surface area (Å²) in [7, 11) is 1.81. The second-order valence-electron chi connectivity index (χ2n) is 4.98. The first-order valence-corrected chi connectivity index (χ1v) is 6.76. The number of nitrogens with zero attached hydrogens (tertiary/aromatic N) is 1. The molecular weight excluding hydrogens is 216 g/mol. The van der Waals surface area contributed by atoms with Crippen LogP contribution in [0.4, 0.5) is 0 Å². The van der Waals surface area contributed by atoms with Crippen LogP contribution in [-0.4, -0.2) is 44.2 Å². The van der Waals surface area contributed by atoms with Gasteiger partial charge in [0.1, 0.15) is 6.61 Å². The zero-order valence-corrected chi connectivity index (χ0v) is 11.0. The zero-order valence-electron chi connectivity index (χ0n) is 11.0. The molecule has 1 aliphatic carbocycles. The standard InChI is InChI=1S/C13H26N2O2/c1-15(9-5-8-14)13(16)11-17-10-12-6-3-2-4-7-12/h12H,2-11,14H2,1H3. The van der Waals surface area contributed by atoms with Gasteiger partial charge in [0.25, 0.3) is 0 Å². The van der Waals surface area contributed by atoms with Gasteiger partial charge in [-0.1, -0.05) is 19.3 Å². The maximum atomic E-state index is 11.7. The number of likely N-dealkylation sites (N-methyl/N-ethyl adjacent to an activating group) is 1. The van der Waals surface area contributed by atoms with Gasteiger partial charge in [-0.15, -0.1) is 0 Å². The molecule has 0 atom stereocenters. The van der Waals surface area contributed by atoms with Crippen LogP contribution in [0.15, 0.2) is 0 Å². The van der Waals surface area contributed by atoms with E-state index in [1.54, 1.807) is 4.90 Å². The first-order valence-electron chi connectivity index (χ1n) is 6.76. The summed E-state index contributed by atoms with van der Waals surface area (Å²) in [4.78, 5) is 13.4. The molecule has 0 aliphatic heterocycles. The van der Waals surface area contributed by atoms with Crippen molar-refractivity contribution in [3.05, 3.63) is 0 Å². The summed E-state index contributed by atoms with van der Waals surface area (Å²) in [6.07, 6.45) is 7.37. The lowest BCUT2D eigenvalue weighted by atomic mass is 9.90. The van der Waals surface area contributed by atoms with E-state index in [9.17, 15) is 4.79 Å². The van der Waals surface area contributed by atoms with E-state index in [-0.39, 0.29) is 12.5 Å². The second kappa shape index (κ2) is 8.48. The molecule has 1 saturated carbocycles. The smallest absolute Gasteiger partial charge is 0.248 e. The van der Waals surface area contributed by atoms with E-state index < -0.39 is 0 Å². The molecule has 4 nitrogen and oxygen atoms in total. The first kappa shape index (κ1) is 14.5. The first-order chi connectivity index (χ1) is 8.24. The van der Waals surface area contributed by atoms with Crippen LogP contribution in [0.3, 0.4) is 0 Å². The SMILES string of the molecule is CN(CCCN)C(=O)COCC1CCCCC1. The van der Waals surface area contributed by atoms with Crippen molar-refractivity contribution in [3.8, 4) is 0 Å². The Morgan fingerprint density at radius 3 is 2.71 bits per heavy atom. The number of rotatable bonds is 7. The lowest BCUT2D eigenvalue weighted by Crippen LogP contribution is -2.32. The van der Waals surface area contributed by atoms with Crippen LogP contribution >= 0.6 is 0 Å². The lowest BCUT2D eigenvalue weighted by Gasteiger charge is -2.22. The average molecular weight is 242 g/mol. The van der Waals surface area contributed by atoms with Gasteiger partial charge in [0.2, 0.25) is 5.91 Å². The Morgan fingerprint density at radius 1 is 1.35 bits per heavy atom. The van der Waals surface area contributed by atoms with Crippen molar-refractivity contribution in [1.82, 2.24) is 4.90 Å². The van der Waals surface area contributed by atoms with Crippen LogP contribution in [0.5, 0.6) is 0 Å². The fraction of sp³-hybridized carbons (Fsp3) is 0.923. The second-order valence-corrected chi connectivity index (χ2v) is 4.98. The van der Waals surface area contributed by atoms with Crippen molar-refractivity contribution in [2.24, 2.45) is 11.7 Å². The van der Waals surface area contributed by atoms with E-state index in [0.29, 0.717) is 12.5 Å². The van der Waals surface area contributed by atoms with Gasteiger partial charge in [-0.25, -0.2) is 0 Å². The van der Waals surface area contributed by atoms with Crippen molar-refractivity contribution in [2.45, 2.75) is 38.5 Å². The van der Waals surface area contributed by atoms with Gasteiger partial charge in [-0.05, 0) is 31.7 Å². The highest BCUT2D eigenvalue weighted by Crippen LogP contribution is 2.23. The third kappa shape index (κ3) is 6.03. The Morgan fingerprint density at radius 2 is 2.06 bits per heavy atom. The molecule has 0 aromatic rings. The minimum atomic E-state index is 0.0641. The van der Waals surface area contributed by atoms with Crippen molar-refractivity contribution in [2.75, 3.05) is 33.4 Å². The molecule has 17 heavy (non-hydrogen) atoms. The van der Waals surface area contributed by atoms with Gasteiger partial charge in [-0.3, -0.25) is 4.79 Å². The topological polar surface area (TPSA) is 55.6 Å². The van der Waals surface area contributed by atoms with Crippen LogP contribution < -0.4 is 5.73 Å². The highest BCUT2D eigenvalue weighted by Gasteiger charge is 2.14. The fourth-order valence-electron chi connectivity index (χ4n) is 2.23. The molecule has 2 N–H and O–H groups in total. The summed E-state index contributed by atoms with van der Waals surface area (Å²) in [5.41, 5.74) is 5.41. The van der Waals surface area contributed by atoms with E-state index >= 15 is 0 Å². The highest BCUT2D eigenvalue weighted by molar-refractivity contribution is 5.77. The molecule has 0 aromatic heterocycles. The van der Waals surface area contributed by atoms with Crippen molar-refractivity contribution >= 4 is 5.91 Å². The van der Waals surface area contributed by atoms with Gasteiger partial charge in [0, 0.05) is 13.6 Å². The minimum Gasteiger partial charge on any atom is -0.371 e. The fourth-order valence-corrected chi connectivity index (χ4v) is 2.23. The van der Waals surface area contributed by atoms with Crippen LogP contribution in [0.25, 0.3) is 0 Å². The van der Waals surface area contributed by atoms with Crippen LogP contribution in [-0.2, 0) is 9.53 Å². The predicted octanol–water partition coefficient (Wildman–Crippen LogP) is 1.39. The third-order valence-corrected chi connectivity index (χ3v) is 3.43. The van der Waals surface area contributed by atoms with Gasteiger partial charge < -0.3 is 15.4 Å². The number of carbonyl (C=O) groups excluding carboxylic acids is 1. The van der Waals surface area contributed by atoms with Crippen molar-refractivity contribution < 1.29 is 9.53 Å². The third-order valence-electron chi connectivity index (χ3n) is 3.43. The van der Waals surface area contributed by atoms with Crippen molar-refractivity contribution in [1.29, 1.82) is 0 Å². The Balaban J connectivity index is 2.06. The predicted molar refractivity (Wildman–Crippen MR) is 68.7 cm³/mol. The van der Waals surface area contributed by atoms with Gasteiger partial charge in [0.05, 0.1) is 6.61 Å². The summed E-state index contributed by atoms with van der Waals surface area (Å²) in [6.45, 7) is 2.32. The van der Waals surface area contributed by atoms with Crippen molar-refractivity contribution in [3.63, 3.8) is 0 Å². The summed E-state index contributed by atoms with van der Waals surface area (Å²) >= 11 is 0. The van der Waals surface area contributed by atoms with E-state index in [1.165, 1.54) is 32.1 Å². The number of hydrogen-bond acceptors (Lipinski definition) is 3. The summed E-state index contributed by atoms with van der Waals surface area (Å²) in [6, 6.07) is 0. The molecule has 0 spiro atoms. The molecule has 1 aliphatic rings. The normalized spacial score (nSPS) is 17.1. The Hall–Kier alpha value is -0.610. The quantitative estimate of drug-likeness (QED) is 0.734. The monoisotopic (exact) mass is 242 g/mol. The van der Waals surface area contributed by atoms with Gasteiger partial charge in [0.15, 0.2) is 0 Å². The maximum absolute atomic E-state index is 11.7. The van der Waals surface area contributed by atoms with Gasteiger partial charge in [-0.2, -0.15) is 0 Å². The van der Waals surface area contributed by atoms with E-state index in [4.69, 9.17) is 10.5 Å². The molecule has 1 fully saturated rings. The molecule has 0 heterocycles. The molecule has 4 heteroatoms. The number of carbonyl (C=O) groups is 1. The molecule has 100 valence electrons. The lowest BCUT2D eigenvalue weighted by molar-refractivity contribution is -0.135. The Kier molecular flexibility index (Phi) is 7.21. The maximum Gasteiger partial charge on any atom is 0.248 e. The van der Waals surface area contributed by atoms with Gasteiger partial charge >= 0.3 is 0 Å². The van der Waals surface area contributed by atoms with Crippen LogP contribution in [0.1, 0.15) is 38.5 Å². The molecule has 0 saturated heterocycles. The number of nitrogens with two attached hydrogens (primary N) is 1. The highest BCUT2D eigenvalue weighted by atomic mass is 16.5. The molecule has 0 bridgehead atoms. The Bertz CT molecular complexity index is 215. The average Bonchev–Trinajstić information content (AvgIpc) is 2.37. The molecular formula is C13H26N2O2. The summed E-state index contributed by atoms with van der Waals surface area (Å²) in [5.74, 6) is 0.736.